The molecule has 1 aromatic rings. The molecule has 0 radical (unpaired) electrons. The van der Waals surface area contributed by atoms with Crippen LogP contribution >= 0.6 is 50.9 Å². The van der Waals surface area contributed by atoms with E-state index in [9.17, 15) is 0 Å². The van der Waals surface area contributed by atoms with Gasteiger partial charge in [0.05, 0.1) is 0 Å². The molecule has 0 aliphatic rings. The van der Waals surface area contributed by atoms with Crippen molar-refractivity contribution in [2.45, 2.75) is 40.2 Å². The molecule has 0 aromatic carbocycles. The first-order valence-electron chi connectivity index (χ1n) is 4.69. The lowest BCUT2D eigenvalue weighted by Crippen LogP contribution is -2.33. The normalized spacial score (nSPS) is 8.20. The minimum atomic E-state index is 0. The lowest BCUT2D eigenvalue weighted by Gasteiger charge is -1.98. The van der Waals surface area contributed by atoms with E-state index >= 15 is 0 Å². The van der Waals surface area contributed by atoms with E-state index in [0.717, 1.165) is 6.54 Å². The van der Waals surface area contributed by atoms with Gasteiger partial charge >= 0.3 is 0 Å². The molecule has 0 saturated heterocycles. The van der Waals surface area contributed by atoms with Gasteiger partial charge in [-0.05, 0) is 19.9 Å². The van der Waals surface area contributed by atoms with E-state index in [2.05, 4.69) is 43.8 Å². The van der Waals surface area contributed by atoms with Gasteiger partial charge < -0.3 is 0 Å². The molecule has 0 N–H and O–H groups in total. The molecular formula is C11H21Br3N+. The van der Waals surface area contributed by atoms with E-state index in [1.165, 1.54) is 24.0 Å². The zero-order valence-corrected chi connectivity index (χ0v) is 14.7. The summed E-state index contributed by atoms with van der Waals surface area (Å²) in [4.78, 5) is 0. The number of unbranched alkanes of at least 4 members (excludes halogenated alkanes) is 1. The van der Waals surface area contributed by atoms with E-state index < -0.39 is 0 Å². The zero-order chi connectivity index (χ0) is 8.97. The van der Waals surface area contributed by atoms with Gasteiger partial charge in [-0.1, -0.05) is 13.3 Å². The Labute approximate surface area is 125 Å². The molecular weight excluding hydrogens is 386 g/mol. The number of aryl methyl sites for hydroxylation is 3. The third kappa shape index (κ3) is 8.40. The Kier molecular flexibility index (Phi) is 15.5. The van der Waals surface area contributed by atoms with Crippen LogP contribution in [0.2, 0.25) is 0 Å². The first kappa shape index (κ1) is 20.9. The molecule has 0 unspecified atom stereocenters. The van der Waals surface area contributed by atoms with Crippen LogP contribution in [0.15, 0.2) is 18.5 Å². The summed E-state index contributed by atoms with van der Waals surface area (Å²) in [5, 5.41) is 0. The Morgan fingerprint density at radius 2 is 1.47 bits per heavy atom. The predicted molar refractivity (Wildman–Crippen MR) is 82.0 cm³/mol. The lowest BCUT2D eigenvalue weighted by atomic mass is 10.2. The third-order valence-electron chi connectivity index (χ3n) is 1.96. The standard InChI is InChI=1S/C11H18N.3BrH/c1-4-5-6-12-8-10(2)7-11(3)9-12;;;/h7-9H,4-6H2,1-3H3;3*1H/q+1;;;. The molecule has 4 heteroatoms. The van der Waals surface area contributed by atoms with Gasteiger partial charge in [0, 0.05) is 17.5 Å². The van der Waals surface area contributed by atoms with Gasteiger partial charge in [0.25, 0.3) is 0 Å². The van der Waals surface area contributed by atoms with Gasteiger partial charge in [-0.25, -0.2) is 4.57 Å². The molecule has 15 heavy (non-hydrogen) atoms. The summed E-state index contributed by atoms with van der Waals surface area (Å²) in [5.74, 6) is 0. The van der Waals surface area contributed by atoms with Crippen LogP contribution in [-0.2, 0) is 6.54 Å². The van der Waals surface area contributed by atoms with Crippen LogP contribution in [-0.4, -0.2) is 0 Å². The maximum atomic E-state index is 2.29. The van der Waals surface area contributed by atoms with E-state index in [1.54, 1.807) is 0 Å². The molecule has 0 amide bonds. The second kappa shape index (κ2) is 11.1. The third-order valence-corrected chi connectivity index (χ3v) is 1.96. The van der Waals surface area contributed by atoms with Crippen LogP contribution < -0.4 is 4.57 Å². The Balaban J connectivity index is -0.000000480. The highest BCUT2D eigenvalue weighted by Crippen LogP contribution is 1.97. The van der Waals surface area contributed by atoms with Crippen molar-refractivity contribution in [3.05, 3.63) is 29.6 Å². The van der Waals surface area contributed by atoms with Gasteiger partial charge in [-0.3, -0.25) is 0 Å². The van der Waals surface area contributed by atoms with Crippen molar-refractivity contribution in [3.63, 3.8) is 0 Å². The summed E-state index contributed by atoms with van der Waals surface area (Å²) in [7, 11) is 0. The number of halogens is 3. The van der Waals surface area contributed by atoms with Gasteiger partial charge in [0.2, 0.25) is 0 Å². The fraction of sp³-hybridized carbons (Fsp3) is 0.545. The van der Waals surface area contributed by atoms with E-state index in [0.29, 0.717) is 0 Å². The number of nitrogens with zero attached hydrogens (tertiary/aromatic N) is 1. The van der Waals surface area contributed by atoms with Gasteiger partial charge in [-0.2, -0.15) is 0 Å². The molecule has 1 nitrogen and oxygen atoms in total. The predicted octanol–water partition coefficient (Wildman–Crippen LogP) is 4.12. The Morgan fingerprint density at radius 1 is 1.00 bits per heavy atom. The Bertz CT molecular complexity index is 244. The largest absolute Gasteiger partial charge is 0.205 e. The van der Waals surface area contributed by atoms with E-state index in [4.69, 9.17) is 0 Å². The zero-order valence-electron chi connectivity index (χ0n) is 9.53. The molecule has 1 aromatic heterocycles. The molecule has 0 bridgehead atoms. The first-order valence-corrected chi connectivity index (χ1v) is 4.69. The summed E-state index contributed by atoms with van der Waals surface area (Å²) in [6.45, 7) is 7.67. The number of hydrogen-bond donors (Lipinski definition) is 0. The molecule has 0 aliphatic heterocycles. The Hall–Kier alpha value is 0.590. The summed E-state index contributed by atoms with van der Waals surface area (Å²) in [5.41, 5.74) is 2.71. The lowest BCUT2D eigenvalue weighted by molar-refractivity contribution is -0.698. The van der Waals surface area contributed by atoms with E-state index in [-0.39, 0.29) is 50.9 Å². The topological polar surface area (TPSA) is 3.88 Å². The summed E-state index contributed by atoms with van der Waals surface area (Å²) in [6, 6.07) is 2.21. The molecule has 0 fully saturated rings. The number of pyridine rings is 1. The van der Waals surface area contributed by atoms with Crippen molar-refractivity contribution >= 4 is 50.9 Å². The maximum absolute atomic E-state index is 2.29. The van der Waals surface area contributed by atoms with Crippen LogP contribution in [0.3, 0.4) is 0 Å². The molecule has 1 rings (SSSR count). The fourth-order valence-electron chi connectivity index (χ4n) is 1.46. The van der Waals surface area contributed by atoms with Crippen LogP contribution in [0.4, 0.5) is 0 Å². The average molecular weight is 407 g/mol. The smallest absolute Gasteiger partial charge is 0.171 e. The second-order valence-electron chi connectivity index (χ2n) is 3.48. The molecule has 0 aliphatic carbocycles. The summed E-state index contributed by atoms with van der Waals surface area (Å²) < 4.78 is 2.29. The van der Waals surface area contributed by atoms with Crippen molar-refractivity contribution in [3.8, 4) is 0 Å². The quantitative estimate of drug-likeness (QED) is 0.664. The summed E-state index contributed by atoms with van der Waals surface area (Å²) >= 11 is 0. The van der Waals surface area contributed by atoms with Gasteiger partial charge in [0.15, 0.2) is 12.4 Å². The minimum Gasteiger partial charge on any atom is -0.205 e. The molecule has 90 valence electrons. The van der Waals surface area contributed by atoms with Crippen molar-refractivity contribution in [1.29, 1.82) is 0 Å². The van der Waals surface area contributed by atoms with Crippen LogP contribution in [0.1, 0.15) is 30.9 Å². The van der Waals surface area contributed by atoms with Crippen LogP contribution in [0.5, 0.6) is 0 Å². The minimum absolute atomic E-state index is 0. The highest BCUT2D eigenvalue weighted by Gasteiger charge is 2.00. The van der Waals surface area contributed by atoms with Crippen LogP contribution in [0.25, 0.3) is 0 Å². The summed E-state index contributed by atoms with van der Waals surface area (Å²) in [6.07, 6.45) is 6.96. The average Bonchev–Trinajstić information content (AvgIpc) is 1.99. The van der Waals surface area contributed by atoms with Crippen molar-refractivity contribution < 1.29 is 4.57 Å². The first-order chi connectivity index (χ1) is 5.72. The monoisotopic (exact) mass is 404 g/mol. The molecule has 0 saturated carbocycles. The maximum Gasteiger partial charge on any atom is 0.171 e. The van der Waals surface area contributed by atoms with Gasteiger partial charge in [-0.15, -0.1) is 50.9 Å². The van der Waals surface area contributed by atoms with Crippen molar-refractivity contribution in [1.82, 2.24) is 0 Å². The SMILES string of the molecule is Br.Br.Br.CCCC[n+]1cc(C)cc(C)c1. The molecule has 1 heterocycles. The number of aromatic nitrogens is 1. The second-order valence-corrected chi connectivity index (χ2v) is 3.48. The number of hydrogen-bond acceptors (Lipinski definition) is 0. The van der Waals surface area contributed by atoms with Crippen molar-refractivity contribution in [2.75, 3.05) is 0 Å². The highest BCUT2D eigenvalue weighted by molar-refractivity contribution is 8.93. The van der Waals surface area contributed by atoms with Gasteiger partial charge in [0.1, 0.15) is 6.54 Å². The fourth-order valence-corrected chi connectivity index (χ4v) is 1.46. The molecule has 0 atom stereocenters. The van der Waals surface area contributed by atoms with Crippen molar-refractivity contribution in [2.24, 2.45) is 0 Å². The number of rotatable bonds is 3. The molecule has 0 spiro atoms. The Morgan fingerprint density at radius 3 is 1.87 bits per heavy atom. The van der Waals surface area contributed by atoms with Crippen LogP contribution in [0, 0.1) is 13.8 Å². The van der Waals surface area contributed by atoms with E-state index in [1.807, 2.05) is 0 Å². The highest BCUT2D eigenvalue weighted by atomic mass is 79.9.